The summed E-state index contributed by atoms with van der Waals surface area (Å²) < 4.78 is 0. The lowest BCUT2D eigenvalue weighted by Crippen LogP contribution is -2.45. The number of carbonyl (C=O) groups excluding carboxylic acids is 2. The number of rotatable bonds is 7. The summed E-state index contributed by atoms with van der Waals surface area (Å²) in [7, 11) is 0. The predicted octanol–water partition coefficient (Wildman–Crippen LogP) is 1.21. The zero-order valence-electron chi connectivity index (χ0n) is 12.8. The van der Waals surface area contributed by atoms with Gasteiger partial charge in [-0.1, -0.05) is 34.6 Å². The summed E-state index contributed by atoms with van der Waals surface area (Å²) in [6, 6.07) is 0. The minimum atomic E-state index is -0.856. The quantitative estimate of drug-likeness (QED) is 0.652. The number of nitrogens with one attached hydrogen (secondary N) is 2. The molecule has 0 aromatic heterocycles. The summed E-state index contributed by atoms with van der Waals surface area (Å²) in [6.07, 6.45) is 1.55. The van der Waals surface area contributed by atoms with Crippen LogP contribution in [0.3, 0.4) is 0 Å². The van der Waals surface area contributed by atoms with Gasteiger partial charge in [0.25, 0.3) is 0 Å². The highest BCUT2D eigenvalue weighted by molar-refractivity contribution is 5.84. The SMILES string of the molecule is CCC(O)(CC)CNC(=O)CNC(=O)CC(C)(C)C. The van der Waals surface area contributed by atoms with E-state index < -0.39 is 5.60 Å². The van der Waals surface area contributed by atoms with Crippen LogP contribution in [-0.2, 0) is 9.59 Å². The number of hydrogen-bond acceptors (Lipinski definition) is 3. The molecule has 5 heteroatoms. The molecule has 0 aliphatic carbocycles. The Morgan fingerprint density at radius 1 is 1.00 bits per heavy atom. The van der Waals surface area contributed by atoms with Gasteiger partial charge in [0.2, 0.25) is 11.8 Å². The smallest absolute Gasteiger partial charge is 0.239 e. The Hall–Kier alpha value is -1.10. The molecule has 0 radical (unpaired) electrons. The van der Waals surface area contributed by atoms with Gasteiger partial charge >= 0.3 is 0 Å². The highest BCUT2D eigenvalue weighted by atomic mass is 16.3. The second-order valence-electron chi connectivity index (χ2n) is 6.22. The lowest BCUT2D eigenvalue weighted by atomic mass is 9.92. The second-order valence-corrected chi connectivity index (χ2v) is 6.22. The molecule has 0 saturated heterocycles. The van der Waals surface area contributed by atoms with Crippen molar-refractivity contribution in [3.63, 3.8) is 0 Å². The van der Waals surface area contributed by atoms with Crippen molar-refractivity contribution in [1.82, 2.24) is 10.6 Å². The van der Waals surface area contributed by atoms with Gasteiger partial charge in [0.15, 0.2) is 0 Å². The molecule has 0 unspecified atom stereocenters. The van der Waals surface area contributed by atoms with E-state index in [9.17, 15) is 14.7 Å². The van der Waals surface area contributed by atoms with Crippen LogP contribution in [0.4, 0.5) is 0 Å². The molecule has 5 nitrogen and oxygen atoms in total. The van der Waals surface area contributed by atoms with Crippen molar-refractivity contribution in [3.05, 3.63) is 0 Å². The maximum Gasteiger partial charge on any atom is 0.239 e. The Kier molecular flexibility index (Phi) is 7.05. The van der Waals surface area contributed by atoms with Gasteiger partial charge in [-0.2, -0.15) is 0 Å². The van der Waals surface area contributed by atoms with Gasteiger partial charge in [-0.05, 0) is 18.3 Å². The van der Waals surface area contributed by atoms with Crippen LogP contribution in [0.5, 0.6) is 0 Å². The molecular weight excluding hydrogens is 244 g/mol. The minimum absolute atomic E-state index is 0.0432. The van der Waals surface area contributed by atoms with Crippen LogP contribution in [0.15, 0.2) is 0 Å². The van der Waals surface area contributed by atoms with E-state index in [-0.39, 0.29) is 30.3 Å². The van der Waals surface area contributed by atoms with E-state index in [1.807, 2.05) is 34.6 Å². The third-order valence-electron chi connectivity index (χ3n) is 3.07. The molecule has 0 spiro atoms. The Bertz CT molecular complexity index is 304. The third-order valence-corrected chi connectivity index (χ3v) is 3.07. The summed E-state index contributed by atoms with van der Waals surface area (Å²) in [5.74, 6) is -0.411. The molecule has 2 amide bonds. The summed E-state index contributed by atoms with van der Waals surface area (Å²) in [6.45, 7) is 9.83. The normalized spacial score (nSPS) is 12.1. The maximum absolute atomic E-state index is 11.6. The Labute approximate surface area is 116 Å². The largest absolute Gasteiger partial charge is 0.388 e. The monoisotopic (exact) mass is 272 g/mol. The number of aliphatic hydroxyl groups is 1. The highest BCUT2D eigenvalue weighted by Crippen LogP contribution is 2.17. The fourth-order valence-electron chi connectivity index (χ4n) is 1.55. The topological polar surface area (TPSA) is 78.4 Å². The molecule has 0 aromatic rings. The van der Waals surface area contributed by atoms with Crippen molar-refractivity contribution in [1.29, 1.82) is 0 Å². The van der Waals surface area contributed by atoms with E-state index in [2.05, 4.69) is 10.6 Å². The molecule has 3 N–H and O–H groups in total. The van der Waals surface area contributed by atoms with Gasteiger partial charge < -0.3 is 15.7 Å². The van der Waals surface area contributed by atoms with Crippen LogP contribution in [0.1, 0.15) is 53.9 Å². The first-order chi connectivity index (χ1) is 8.62. The predicted molar refractivity (Wildman–Crippen MR) is 75.6 cm³/mol. The van der Waals surface area contributed by atoms with E-state index in [0.717, 1.165) is 0 Å². The Morgan fingerprint density at radius 2 is 1.53 bits per heavy atom. The number of amides is 2. The number of hydrogen-bond donors (Lipinski definition) is 3. The molecule has 0 fully saturated rings. The van der Waals surface area contributed by atoms with Crippen LogP contribution >= 0.6 is 0 Å². The van der Waals surface area contributed by atoms with Gasteiger partial charge in [0.1, 0.15) is 0 Å². The molecule has 0 aromatic carbocycles. The van der Waals surface area contributed by atoms with Crippen LogP contribution < -0.4 is 10.6 Å². The van der Waals surface area contributed by atoms with Crippen LogP contribution in [-0.4, -0.2) is 35.6 Å². The molecule has 19 heavy (non-hydrogen) atoms. The first-order valence-electron chi connectivity index (χ1n) is 6.87. The zero-order valence-corrected chi connectivity index (χ0v) is 12.8. The van der Waals surface area contributed by atoms with Gasteiger partial charge in [-0.15, -0.1) is 0 Å². The van der Waals surface area contributed by atoms with Crippen molar-refractivity contribution >= 4 is 11.8 Å². The summed E-state index contributed by atoms with van der Waals surface area (Å²) in [5, 5.41) is 15.2. The van der Waals surface area contributed by atoms with Crippen molar-refractivity contribution in [2.24, 2.45) is 5.41 Å². The van der Waals surface area contributed by atoms with Gasteiger partial charge in [0, 0.05) is 13.0 Å². The van der Waals surface area contributed by atoms with Crippen LogP contribution in [0.25, 0.3) is 0 Å². The highest BCUT2D eigenvalue weighted by Gasteiger charge is 2.23. The standard InChI is InChI=1S/C14H28N2O3/c1-6-14(19,7-2)10-16-12(18)9-15-11(17)8-13(3,4)5/h19H,6-10H2,1-5H3,(H,15,17)(H,16,18). The van der Waals surface area contributed by atoms with Gasteiger partial charge in [0.05, 0.1) is 12.1 Å². The fraction of sp³-hybridized carbons (Fsp3) is 0.857. The fourth-order valence-corrected chi connectivity index (χ4v) is 1.55. The maximum atomic E-state index is 11.6. The molecule has 0 bridgehead atoms. The molecule has 0 heterocycles. The van der Waals surface area contributed by atoms with Gasteiger partial charge in [-0.25, -0.2) is 0 Å². The molecule has 0 rings (SSSR count). The van der Waals surface area contributed by atoms with Crippen LogP contribution in [0.2, 0.25) is 0 Å². The van der Waals surface area contributed by atoms with E-state index in [1.54, 1.807) is 0 Å². The average molecular weight is 272 g/mol. The van der Waals surface area contributed by atoms with Crippen LogP contribution in [0, 0.1) is 5.41 Å². The first-order valence-corrected chi connectivity index (χ1v) is 6.87. The summed E-state index contributed by atoms with van der Waals surface area (Å²) >= 11 is 0. The molecular formula is C14H28N2O3. The molecule has 0 aliphatic heterocycles. The molecule has 0 atom stereocenters. The van der Waals surface area contributed by atoms with Crippen molar-refractivity contribution < 1.29 is 14.7 Å². The van der Waals surface area contributed by atoms with Crippen molar-refractivity contribution in [2.45, 2.75) is 59.5 Å². The van der Waals surface area contributed by atoms with E-state index in [4.69, 9.17) is 0 Å². The Morgan fingerprint density at radius 3 is 1.95 bits per heavy atom. The van der Waals surface area contributed by atoms with Crippen molar-refractivity contribution in [3.8, 4) is 0 Å². The minimum Gasteiger partial charge on any atom is -0.388 e. The summed E-state index contributed by atoms with van der Waals surface area (Å²) in [4.78, 5) is 23.1. The van der Waals surface area contributed by atoms with E-state index >= 15 is 0 Å². The molecule has 0 saturated carbocycles. The molecule has 112 valence electrons. The number of carbonyl (C=O) groups is 2. The lowest BCUT2D eigenvalue weighted by Gasteiger charge is -2.25. The summed E-state index contributed by atoms with van der Waals surface area (Å²) in [5.41, 5.74) is -0.948. The van der Waals surface area contributed by atoms with Gasteiger partial charge in [-0.3, -0.25) is 9.59 Å². The third kappa shape index (κ3) is 8.59. The average Bonchev–Trinajstić information content (AvgIpc) is 2.31. The molecule has 0 aliphatic rings. The Balaban J connectivity index is 3.97. The first kappa shape index (κ1) is 17.9. The van der Waals surface area contributed by atoms with E-state index in [1.165, 1.54) is 0 Å². The van der Waals surface area contributed by atoms with Crippen molar-refractivity contribution in [2.75, 3.05) is 13.1 Å². The lowest BCUT2D eigenvalue weighted by molar-refractivity contribution is -0.127. The van der Waals surface area contributed by atoms with E-state index in [0.29, 0.717) is 19.3 Å². The zero-order chi connectivity index (χ0) is 15.1. The second kappa shape index (κ2) is 7.48.